The average molecular weight is 626 g/mol. The third-order valence-corrected chi connectivity index (χ3v) is 8.14. The van der Waals surface area contributed by atoms with E-state index < -0.39 is 65.9 Å². The van der Waals surface area contributed by atoms with Gasteiger partial charge in [0.15, 0.2) is 0 Å². The van der Waals surface area contributed by atoms with Gasteiger partial charge < -0.3 is 31.5 Å². The molecule has 3 aliphatic rings. The van der Waals surface area contributed by atoms with E-state index in [2.05, 4.69) is 26.6 Å². The maximum Gasteiger partial charge on any atom is 0.245 e. The second kappa shape index (κ2) is 14.4. The summed E-state index contributed by atoms with van der Waals surface area (Å²) in [5.74, 6) is -2.61. The minimum absolute atomic E-state index is 0.0546. The molecule has 0 unspecified atom stereocenters. The molecule has 5 N–H and O–H groups in total. The van der Waals surface area contributed by atoms with E-state index in [1.807, 2.05) is 69.9 Å². The smallest absolute Gasteiger partial charge is 0.245 e. The lowest BCUT2D eigenvalue weighted by Crippen LogP contribution is -2.60. The molecule has 1 aromatic rings. The monoisotopic (exact) mass is 625 g/mol. The number of amides is 6. The summed E-state index contributed by atoms with van der Waals surface area (Å²) in [4.78, 5) is 83.5. The highest BCUT2D eigenvalue weighted by Gasteiger charge is 2.54. The van der Waals surface area contributed by atoms with Crippen LogP contribution in [0.1, 0.15) is 59.4 Å². The Kier molecular flexibility index (Phi) is 10.8. The van der Waals surface area contributed by atoms with Crippen LogP contribution in [0.3, 0.4) is 0 Å². The summed E-state index contributed by atoms with van der Waals surface area (Å²) < 4.78 is 0. The van der Waals surface area contributed by atoms with Gasteiger partial charge in [0.1, 0.15) is 18.1 Å². The summed E-state index contributed by atoms with van der Waals surface area (Å²) in [5.41, 5.74) is 0.280. The van der Waals surface area contributed by atoms with E-state index in [1.165, 1.54) is 0 Å². The molecule has 4 rings (SSSR count). The third-order valence-electron chi connectivity index (χ3n) is 8.14. The van der Waals surface area contributed by atoms with Crippen molar-refractivity contribution in [3.05, 3.63) is 35.9 Å². The lowest BCUT2D eigenvalue weighted by molar-refractivity contribution is -0.136. The fraction of sp³-hybridized carbons (Fsp3) is 0.625. The summed E-state index contributed by atoms with van der Waals surface area (Å²) in [7, 11) is 0. The molecule has 5 atom stereocenters. The zero-order valence-corrected chi connectivity index (χ0v) is 26.9. The summed E-state index contributed by atoms with van der Waals surface area (Å²) in [6.07, 6.45) is 1.67. The normalized spacial score (nSPS) is 27.3. The Balaban J connectivity index is 1.66. The van der Waals surface area contributed by atoms with Crippen molar-refractivity contribution in [2.45, 2.75) is 96.1 Å². The Morgan fingerprint density at radius 3 is 2.18 bits per heavy atom. The molecular weight excluding hydrogens is 578 g/mol. The summed E-state index contributed by atoms with van der Waals surface area (Å²) in [6, 6.07) is 5.40. The lowest BCUT2D eigenvalue weighted by atomic mass is 10.0. The van der Waals surface area contributed by atoms with Gasteiger partial charge in [0.2, 0.25) is 35.4 Å². The molecule has 3 heterocycles. The Labute approximate surface area is 264 Å². The van der Waals surface area contributed by atoms with Crippen LogP contribution in [0.25, 0.3) is 0 Å². The van der Waals surface area contributed by atoms with Crippen LogP contribution in [0.5, 0.6) is 0 Å². The zero-order chi connectivity index (χ0) is 32.9. The molecule has 13 nitrogen and oxygen atoms in total. The Morgan fingerprint density at radius 1 is 0.933 bits per heavy atom. The highest BCUT2D eigenvalue weighted by molar-refractivity contribution is 5.95. The molecule has 1 aromatic carbocycles. The Hall–Kier alpha value is -4.00. The number of hydrogen-bond acceptors (Lipinski definition) is 7. The fourth-order valence-electron chi connectivity index (χ4n) is 6.09. The lowest BCUT2D eigenvalue weighted by Gasteiger charge is -2.34. The van der Waals surface area contributed by atoms with Crippen LogP contribution >= 0.6 is 0 Å². The second-order valence-electron chi connectivity index (χ2n) is 13.6. The van der Waals surface area contributed by atoms with Gasteiger partial charge in [-0.2, -0.15) is 0 Å². The number of nitrogens with zero attached hydrogens (tertiary/aromatic N) is 2. The van der Waals surface area contributed by atoms with E-state index in [1.54, 1.807) is 4.90 Å². The van der Waals surface area contributed by atoms with Gasteiger partial charge >= 0.3 is 0 Å². The largest absolute Gasteiger partial charge is 0.350 e. The van der Waals surface area contributed by atoms with Gasteiger partial charge in [-0.25, -0.2) is 0 Å². The molecule has 0 spiro atoms. The van der Waals surface area contributed by atoms with Crippen LogP contribution in [-0.4, -0.2) is 107 Å². The minimum atomic E-state index is -0.948. The maximum absolute atomic E-state index is 14.0. The number of nitrogens with one attached hydrogen (secondary N) is 5. The van der Waals surface area contributed by atoms with Gasteiger partial charge in [0.05, 0.1) is 25.2 Å². The molecule has 6 amide bonds. The number of hydrogen-bond donors (Lipinski definition) is 5. The average Bonchev–Trinajstić information content (AvgIpc) is 3.59. The zero-order valence-electron chi connectivity index (χ0n) is 26.9. The predicted octanol–water partition coefficient (Wildman–Crippen LogP) is -0.551. The molecule has 246 valence electrons. The molecule has 13 heteroatoms. The van der Waals surface area contributed by atoms with Crippen LogP contribution in [-0.2, 0) is 35.2 Å². The van der Waals surface area contributed by atoms with Gasteiger partial charge in [0.25, 0.3) is 0 Å². The molecule has 0 radical (unpaired) electrons. The molecule has 3 saturated heterocycles. The van der Waals surface area contributed by atoms with Gasteiger partial charge in [-0.15, -0.1) is 0 Å². The van der Waals surface area contributed by atoms with E-state index in [0.29, 0.717) is 25.8 Å². The molecule has 0 bridgehead atoms. The molecular formula is C32H47N7O6. The van der Waals surface area contributed by atoms with E-state index >= 15 is 0 Å². The standard InChI is InChI=1S/C32H47N7O6/c1-19(2)14-21-28(42)33-16-26(41)36-22(15-20-10-7-6-8-11-20)31(45)39-18-24(39)27(30(44)37-32(3,4)5)38-13-9-12-23(38)29(43)34-17-25(40)35-21/h6-8,10-11,19,21-24,27H,9,12-18H2,1-5H3,(H,33,42)(H,34,43)(H,35,40)(H,36,41)(H,37,44)/t21-,22-,23-,24-,27+,39?/m0/s1. The first kappa shape index (κ1) is 33.9. The van der Waals surface area contributed by atoms with Gasteiger partial charge in [0, 0.05) is 18.5 Å². The van der Waals surface area contributed by atoms with Crippen LogP contribution in [0.2, 0.25) is 0 Å². The first-order valence-corrected chi connectivity index (χ1v) is 15.8. The van der Waals surface area contributed by atoms with Gasteiger partial charge in [-0.1, -0.05) is 44.2 Å². The van der Waals surface area contributed by atoms with Crippen molar-refractivity contribution in [2.24, 2.45) is 5.92 Å². The first-order chi connectivity index (χ1) is 21.2. The summed E-state index contributed by atoms with van der Waals surface area (Å²) in [5, 5.41) is 13.7. The van der Waals surface area contributed by atoms with Crippen molar-refractivity contribution in [1.82, 2.24) is 36.4 Å². The van der Waals surface area contributed by atoms with Crippen molar-refractivity contribution >= 4 is 35.4 Å². The fourth-order valence-corrected chi connectivity index (χ4v) is 6.09. The van der Waals surface area contributed by atoms with Crippen molar-refractivity contribution < 1.29 is 28.8 Å². The van der Waals surface area contributed by atoms with Crippen molar-refractivity contribution in [1.29, 1.82) is 0 Å². The minimum Gasteiger partial charge on any atom is -0.350 e. The molecule has 45 heavy (non-hydrogen) atoms. The van der Waals surface area contributed by atoms with E-state index in [-0.39, 0.29) is 37.2 Å². The van der Waals surface area contributed by atoms with Gasteiger partial charge in [-0.3, -0.25) is 33.7 Å². The second-order valence-corrected chi connectivity index (χ2v) is 13.6. The summed E-state index contributed by atoms with van der Waals surface area (Å²) >= 11 is 0. The van der Waals surface area contributed by atoms with Crippen LogP contribution in [0, 0.1) is 5.92 Å². The molecule has 0 aromatic heterocycles. The quantitative estimate of drug-likeness (QED) is 0.274. The molecule has 0 saturated carbocycles. The summed E-state index contributed by atoms with van der Waals surface area (Å²) in [6.45, 7) is 9.41. The Morgan fingerprint density at radius 2 is 1.56 bits per heavy atom. The SMILES string of the molecule is CC(C)C[C@@H]1NC(=O)CNC(=O)[C@@H]2CCCN2[C@@H](C(=O)NC(C)(C)C)[C@@H]2CN2C(=O)[C@H](Cc2ccccc2)NC(=O)CNC1=O. The molecule has 3 aliphatic heterocycles. The number of carbonyl (C=O) groups excluding carboxylic acids is 6. The number of carbonyl (C=O) groups is 6. The van der Waals surface area contributed by atoms with Gasteiger partial charge in [-0.05, 0) is 58.1 Å². The van der Waals surface area contributed by atoms with Crippen LogP contribution in [0.15, 0.2) is 30.3 Å². The third kappa shape index (κ3) is 9.25. The molecule has 0 aliphatic carbocycles. The van der Waals surface area contributed by atoms with Crippen molar-refractivity contribution in [3.63, 3.8) is 0 Å². The van der Waals surface area contributed by atoms with E-state index in [9.17, 15) is 28.8 Å². The van der Waals surface area contributed by atoms with Crippen LogP contribution < -0.4 is 26.6 Å². The topological polar surface area (TPSA) is 169 Å². The first-order valence-electron chi connectivity index (χ1n) is 15.8. The highest BCUT2D eigenvalue weighted by atomic mass is 16.2. The van der Waals surface area contributed by atoms with E-state index in [4.69, 9.17) is 0 Å². The van der Waals surface area contributed by atoms with Crippen molar-refractivity contribution in [3.8, 4) is 0 Å². The number of fused-ring (bicyclic) bond motifs is 2. The molecule has 3 fully saturated rings. The Bertz CT molecular complexity index is 1280. The number of rotatable bonds is 5. The van der Waals surface area contributed by atoms with Crippen LogP contribution in [0.4, 0.5) is 0 Å². The maximum atomic E-state index is 14.0. The predicted molar refractivity (Wildman–Crippen MR) is 166 cm³/mol. The number of benzene rings is 1. The van der Waals surface area contributed by atoms with E-state index in [0.717, 1.165) is 5.56 Å². The highest BCUT2D eigenvalue weighted by Crippen LogP contribution is 2.32. The van der Waals surface area contributed by atoms with Crippen molar-refractivity contribution in [2.75, 3.05) is 26.2 Å².